The van der Waals surface area contributed by atoms with Gasteiger partial charge in [0.05, 0.1) is 8.67 Å². The van der Waals surface area contributed by atoms with Gasteiger partial charge in [-0.25, -0.2) is 0 Å². The van der Waals surface area contributed by atoms with Gasteiger partial charge in [-0.1, -0.05) is 46.1 Å². The molecule has 0 amide bonds. The molecule has 2 atom stereocenters. The highest BCUT2D eigenvalue weighted by Crippen LogP contribution is 2.44. The highest BCUT2D eigenvalue weighted by Gasteiger charge is 2.22. The van der Waals surface area contributed by atoms with Gasteiger partial charge in [0.1, 0.15) is 0 Å². The molecule has 0 saturated carbocycles. The normalized spacial score (nSPS) is 14.6. The summed E-state index contributed by atoms with van der Waals surface area (Å²) in [6.07, 6.45) is 3.60. The van der Waals surface area contributed by atoms with Gasteiger partial charge < -0.3 is 0 Å². The van der Waals surface area contributed by atoms with Gasteiger partial charge in [0, 0.05) is 17.2 Å². The number of nitrogens with zero attached hydrogens (tertiary/aromatic N) is 1. The molecule has 90 valence electrons. The van der Waals surface area contributed by atoms with Crippen LogP contribution in [0.1, 0.15) is 28.8 Å². The SMILES string of the molecule is CC(c1ccncc1)C(Br)c1cc(Cl)sc1Cl. The van der Waals surface area contributed by atoms with E-state index in [1.165, 1.54) is 16.9 Å². The van der Waals surface area contributed by atoms with Crippen molar-refractivity contribution in [3.8, 4) is 0 Å². The van der Waals surface area contributed by atoms with Crippen molar-refractivity contribution in [2.75, 3.05) is 0 Å². The molecule has 0 saturated heterocycles. The number of rotatable bonds is 3. The molecule has 0 aliphatic carbocycles. The fourth-order valence-corrected chi connectivity index (χ4v) is 4.15. The van der Waals surface area contributed by atoms with E-state index in [1.807, 2.05) is 18.2 Å². The molecular weight excluding hydrogens is 341 g/mol. The lowest BCUT2D eigenvalue weighted by molar-refractivity contribution is 0.752. The van der Waals surface area contributed by atoms with E-state index in [4.69, 9.17) is 23.2 Å². The van der Waals surface area contributed by atoms with E-state index in [-0.39, 0.29) is 4.83 Å². The third-order valence-electron chi connectivity index (χ3n) is 2.65. The van der Waals surface area contributed by atoms with Gasteiger partial charge in [0.2, 0.25) is 0 Å². The molecule has 0 N–H and O–H groups in total. The average Bonchev–Trinajstić information content (AvgIpc) is 2.68. The molecule has 1 nitrogen and oxygen atoms in total. The molecule has 0 aromatic carbocycles. The number of thiophene rings is 1. The molecule has 2 aromatic rings. The minimum absolute atomic E-state index is 0.154. The third-order valence-corrected chi connectivity index (χ3v) is 5.46. The van der Waals surface area contributed by atoms with E-state index >= 15 is 0 Å². The number of pyridine rings is 1. The summed E-state index contributed by atoms with van der Waals surface area (Å²) < 4.78 is 1.47. The van der Waals surface area contributed by atoms with Crippen molar-refractivity contribution in [3.05, 3.63) is 50.4 Å². The first-order chi connectivity index (χ1) is 8.09. The summed E-state index contributed by atoms with van der Waals surface area (Å²) in [7, 11) is 0. The predicted molar refractivity (Wildman–Crippen MR) is 78.7 cm³/mol. The van der Waals surface area contributed by atoms with Crippen molar-refractivity contribution in [2.45, 2.75) is 17.7 Å². The van der Waals surface area contributed by atoms with Crippen LogP contribution in [0.15, 0.2) is 30.6 Å². The second kappa shape index (κ2) is 5.70. The van der Waals surface area contributed by atoms with E-state index < -0.39 is 0 Å². The van der Waals surface area contributed by atoms with Crippen molar-refractivity contribution < 1.29 is 0 Å². The van der Waals surface area contributed by atoms with Crippen molar-refractivity contribution in [3.63, 3.8) is 0 Å². The summed E-state index contributed by atoms with van der Waals surface area (Å²) >= 11 is 17.2. The Kier molecular flexibility index (Phi) is 4.47. The highest BCUT2D eigenvalue weighted by atomic mass is 79.9. The van der Waals surface area contributed by atoms with E-state index in [2.05, 4.69) is 27.8 Å². The van der Waals surface area contributed by atoms with Crippen LogP contribution in [0, 0.1) is 0 Å². The first-order valence-corrected chi connectivity index (χ1v) is 7.57. The molecule has 0 aliphatic heterocycles. The Morgan fingerprint density at radius 1 is 1.29 bits per heavy atom. The van der Waals surface area contributed by atoms with Crippen molar-refractivity contribution >= 4 is 50.5 Å². The zero-order chi connectivity index (χ0) is 12.4. The summed E-state index contributed by atoms with van der Waals surface area (Å²) in [6, 6.07) is 5.95. The Balaban J connectivity index is 2.26. The van der Waals surface area contributed by atoms with Crippen LogP contribution in [-0.4, -0.2) is 4.98 Å². The van der Waals surface area contributed by atoms with Gasteiger partial charge in [-0.3, -0.25) is 4.98 Å². The molecule has 0 bridgehead atoms. The zero-order valence-corrected chi connectivity index (χ0v) is 12.9. The lowest BCUT2D eigenvalue weighted by Crippen LogP contribution is -2.01. The summed E-state index contributed by atoms with van der Waals surface area (Å²) in [5.74, 6) is 0.307. The van der Waals surface area contributed by atoms with Crippen LogP contribution in [0.2, 0.25) is 8.67 Å². The molecular formula is C12H10BrCl2NS. The van der Waals surface area contributed by atoms with Gasteiger partial charge in [0.15, 0.2) is 0 Å². The minimum Gasteiger partial charge on any atom is -0.265 e. The number of hydrogen-bond donors (Lipinski definition) is 0. The minimum atomic E-state index is 0.154. The first-order valence-electron chi connectivity index (χ1n) is 5.08. The molecule has 2 heterocycles. The van der Waals surface area contributed by atoms with Crippen LogP contribution in [-0.2, 0) is 0 Å². The lowest BCUT2D eigenvalue weighted by atomic mass is 9.96. The van der Waals surface area contributed by atoms with E-state index in [0.717, 1.165) is 14.2 Å². The highest BCUT2D eigenvalue weighted by molar-refractivity contribution is 9.09. The van der Waals surface area contributed by atoms with Crippen LogP contribution in [0.4, 0.5) is 0 Å². The van der Waals surface area contributed by atoms with Gasteiger partial charge in [-0.05, 0) is 35.2 Å². The number of alkyl halides is 1. The van der Waals surface area contributed by atoms with Gasteiger partial charge >= 0.3 is 0 Å². The molecule has 2 unspecified atom stereocenters. The largest absolute Gasteiger partial charge is 0.265 e. The molecule has 2 rings (SSSR count). The van der Waals surface area contributed by atoms with Crippen LogP contribution >= 0.6 is 50.5 Å². The summed E-state index contributed by atoms with van der Waals surface area (Å²) in [6.45, 7) is 2.15. The molecule has 0 radical (unpaired) electrons. The smallest absolute Gasteiger partial charge is 0.0987 e. The maximum atomic E-state index is 6.16. The van der Waals surface area contributed by atoms with E-state index in [0.29, 0.717) is 5.92 Å². The lowest BCUT2D eigenvalue weighted by Gasteiger charge is -2.18. The second-order valence-corrected chi connectivity index (χ2v) is 7.02. The Bertz CT molecular complexity index is 500. The summed E-state index contributed by atoms with van der Waals surface area (Å²) in [5, 5.41) is 0. The topological polar surface area (TPSA) is 12.9 Å². The Morgan fingerprint density at radius 3 is 2.47 bits per heavy atom. The number of aromatic nitrogens is 1. The quantitative estimate of drug-likeness (QED) is 0.648. The Morgan fingerprint density at radius 2 is 1.94 bits per heavy atom. The van der Waals surface area contributed by atoms with E-state index in [1.54, 1.807) is 12.4 Å². The van der Waals surface area contributed by atoms with Crippen molar-refractivity contribution in [1.29, 1.82) is 0 Å². The fourth-order valence-electron chi connectivity index (χ4n) is 1.65. The molecule has 0 aliphatic rings. The number of hydrogen-bond acceptors (Lipinski definition) is 2. The van der Waals surface area contributed by atoms with Crippen LogP contribution in [0.25, 0.3) is 0 Å². The zero-order valence-electron chi connectivity index (χ0n) is 9.03. The molecule has 0 spiro atoms. The predicted octanol–water partition coefficient (Wildman–Crippen LogP) is 5.69. The van der Waals surface area contributed by atoms with Gasteiger partial charge in [-0.2, -0.15) is 0 Å². The maximum absolute atomic E-state index is 6.16. The average molecular weight is 351 g/mol. The molecule has 17 heavy (non-hydrogen) atoms. The molecule has 5 heteroatoms. The molecule has 2 aromatic heterocycles. The number of halogens is 3. The van der Waals surface area contributed by atoms with E-state index in [9.17, 15) is 0 Å². The van der Waals surface area contributed by atoms with Crippen LogP contribution < -0.4 is 0 Å². The van der Waals surface area contributed by atoms with Crippen LogP contribution in [0.5, 0.6) is 0 Å². The first kappa shape index (κ1) is 13.3. The Labute approximate surface area is 123 Å². The van der Waals surface area contributed by atoms with Gasteiger partial charge in [0.25, 0.3) is 0 Å². The summed E-state index contributed by atoms with van der Waals surface area (Å²) in [5.41, 5.74) is 2.27. The monoisotopic (exact) mass is 349 g/mol. The summed E-state index contributed by atoms with van der Waals surface area (Å²) in [4.78, 5) is 4.17. The van der Waals surface area contributed by atoms with Crippen molar-refractivity contribution in [2.24, 2.45) is 0 Å². The van der Waals surface area contributed by atoms with Gasteiger partial charge in [-0.15, -0.1) is 11.3 Å². The third kappa shape index (κ3) is 3.02. The maximum Gasteiger partial charge on any atom is 0.0987 e. The fraction of sp³-hybridized carbons (Fsp3) is 0.250. The van der Waals surface area contributed by atoms with Crippen LogP contribution in [0.3, 0.4) is 0 Å². The Hall–Kier alpha value is -0.0900. The van der Waals surface area contributed by atoms with Crippen molar-refractivity contribution in [1.82, 2.24) is 4.98 Å². The molecule has 0 fully saturated rings. The standard InChI is InChI=1S/C12H10BrCl2NS/c1-7(8-2-4-16-5-3-8)11(13)9-6-10(14)17-12(9)15/h2-7,11H,1H3. The second-order valence-electron chi connectivity index (χ2n) is 3.75.